The van der Waals surface area contributed by atoms with Crippen molar-refractivity contribution in [2.45, 2.75) is 24.9 Å². The number of piperidine rings is 3. The fraction of sp³-hybridized carbons (Fsp3) is 0.333. The van der Waals surface area contributed by atoms with Crippen molar-refractivity contribution in [3.05, 3.63) is 84.6 Å². The molecule has 5 atom stereocenters. The average molecular weight is 428 g/mol. The molecule has 32 heavy (non-hydrogen) atoms. The van der Waals surface area contributed by atoms with Crippen molar-refractivity contribution >= 4 is 16.8 Å². The van der Waals surface area contributed by atoms with E-state index in [2.05, 4.69) is 27.9 Å². The zero-order valence-corrected chi connectivity index (χ0v) is 18.4. The highest BCUT2D eigenvalue weighted by Crippen LogP contribution is 2.42. The van der Waals surface area contributed by atoms with Crippen LogP contribution in [0, 0.1) is 11.8 Å². The third-order valence-corrected chi connectivity index (χ3v) is 7.18. The molecule has 3 aliphatic heterocycles. The number of rotatable bonds is 6. The summed E-state index contributed by atoms with van der Waals surface area (Å²) >= 11 is 0. The Morgan fingerprint density at radius 3 is 2.81 bits per heavy atom. The van der Waals surface area contributed by atoms with E-state index in [0.717, 1.165) is 41.7 Å². The van der Waals surface area contributed by atoms with Crippen LogP contribution in [0.3, 0.4) is 0 Å². The number of pyridine rings is 1. The lowest BCUT2D eigenvalue weighted by Gasteiger charge is -2.51. The Morgan fingerprint density at radius 2 is 2.09 bits per heavy atom. The molecule has 5 nitrogen and oxygen atoms in total. The number of nitrogens with one attached hydrogen (secondary N) is 1. The molecule has 1 N–H and O–H groups in total. The van der Waals surface area contributed by atoms with E-state index in [1.54, 1.807) is 7.11 Å². The minimum atomic E-state index is -0.145. The van der Waals surface area contributed by atoms with E-state index in [1.807, 2.05) is 60.8 Å². The molecule has 3 aromatic rings. The summed E-state index contributed by atoms with van der Waals surface area (Å²) < 4.78 is 5.49. The van der Waals surface area contributed by atoms with Gasteiger partial charge in [0.1, 0.15) is 5.75 Å². The summed E-state index contributed by atoms with van der Waals surface area (Å²) in [5.41, 5.74) is 2.67. The van der Waals surface area contributed by atoms with E-state index in [0.29, 0.717) is 17.4 Å². The van der Waals surface area contributed by atoms with Crippen molar-refractivity contribution < 1.29 is 9.53 Å². The molecule has 6 rings (SSSR count). The molecule has 3 aliphatic rings. The molecule has 0 saturated carbocycles. The van der Waals surface area contributed by atoms with E-state index in [4.69, 9.17) is 4.74 Å². The number of amides is 1. The predicted molar refractivity (Wildman–Crippen MR) is 127 cm³/mol. The highest BCUT2D eigenvalue weighted by molar-refractivity contribution is 5.95. The van der Waals surface area contributed by atoms with Gasteiger partial charge in [-0.25, -0.2) is 0 Å². The summed E-state index contributed by atoms with van der Waals surface area (Å²) in [4.78, 5) is 20.4. The first-order valence-corrected chi connectivity index (χ1v) is 11.3. The molecule has 1 amide bonds. The number of fused-ring (bicyclic) bond motifs is 4. The quantitative estimate of drug-likeness (QED) is 0.584. The third kappa shape index (κ3) is 3.78. The van der Waals surface area contributed by atoms with Crippen LogP contribution < -0.4 is 10.1 Å². The molecule has 3 saturated heterocycles. The maximum Gasteiger partial charge on any atom is 0.251 e. The van der Waals surface area contributed by atoms with Gasteiger partial charge < -0.3 is 10.1 Å². The fourth-order valence-electron chi connectivity index (χ4n) is 5.46. The highest BCUT2D eigenvalue weighted by Gasteiger charge is 2.43. The Kier molecular flexibility index (Phi) is 5.66. The molecule has 3 unspecified atom stereocenters. The molecular weight excluding hydrogens is 398 g/mol. The van der Waals surface area contributed by atoms with Crippen molar-refractivity contribution in [3.8, 4) is 5.75 Å². The van der Waals surface area contributed by atoms with Crippen LogP contribution in [0.4, 0.5) is 0 Å². The van der Waals surface area contributed by atoms with Crippen LogP contribution in [-0.2, 0) is 0 Å². The summed E-state index contributed by atoms with van der Waals surface area (Å²) in [5, 5.41) is 4.41. The fourth-order valence-corrected chi connectivity index (χ4v) is 5.46. The highest BCUT2D eigenvalue weighted by atomic mass is 16.5. The summed E-state index contributed by atoms with van der Waals surface area (Å²) in [6.07, 6.45) is 6.19. The third-order valence-electron chi connectivity index (χ3n) is 7.18. The number of hydrogen-bond acceptors (Lipinski definition) is 4. The zero-order valence-electron chi connectivity index (χ0n) is 18.4. The van der Waals surface area contributed by atoms with Gasteiger partial charge in [0.25, 0.3) is 5.91 Å². The second-order valence-corrected chi connectivity index (χ2v) is 8.85. The van der Waals surface area contributed by atoms with Gasteiger partial charge in [0.15, 0.2) is 0 Å². The monoisotopic (exact) mass is 427 g/mol. The van der Waals surface area contributed by atoms with Crippen LogP contribution in [0.2, 0.25) is 0 Å². The van der Waals surface area contributed by atoms with Crippen molar-refractivity contribution in [2.75, 3.05) is 20.2 Å². The normalized spacial score (nSPS) is 25.3. The average Bonchev–Trinajstić information content (AvgIpc) is 2.87. The Balaban J connectivity index is 1.57. The lowest BCUT2D eigenvalue weighted by Crippen LogP contribution is -2.57. The summed E-state index contributed by atoms with van der Waals surface area (Å²) in [7, 11) is 1.67. The smallest absolute Gasteiger partial charge is 0.251 e. The molecule has 4 heterocycles. The first kappa shape index (κ1) is 20.7. The first-order chi connectivity index (χ1) is 15.7. The van der Waals surface area contributed by atoms with Crippen LogP contribution in [-0.4, -0.2) is 42.0 Å². The number of ether oxygens (including phenoxy) is 1. The Hall–Kier alpha value is -3.18. The van der Waals surface area contributed by atoms with Gasteiger partial charge in [-0.15, -0.1) is 6.58 Å². The molecule has 3 fully saturated rings. The van der Waals surface area contributed by atoms with Crippen molar-refractivity contribution in [2.24, 2.45) is 11.8 Å². The van der Waals surface area contributed by atoms with Crippen LogP contribution in [0.5, 0.6) is 5.75 Å². The summed E-state index contributed by atoms with van der Waals surface area (Å²) in [5.74, 6) is 1.88. The molecule has 2 aromatic carbocycles. The number of aromatic nitrogens is 1. The maximum atomic E-state index is 13.3. The van der Waals surface area contributed by atoms with Crippen LogP contribution in [0.1, 0.15) is 34.8 Å². The van der Waals surface area contributed by atoms with Crippen LogP contribution in [0.25, 0.3) is 10.9 Å². The Bertz CT molecular complexity index is 1130. The number of carbonyl (C=O) groups excluding carboxylic acids is 1. The second kappa shape index (κ2) is 8.75. The molecule has 0 aliphatic carbocycles. The lowest BCUT2D eigenvalue weighted by molar-refractivity contribution is 0.00170. The zero-order chi connectivity index (χ0) is 22.1. The molecule has 1 aromatic heterocycles. The molecule has 5 heteroatoms. The molecule has 0 spiro atoms. The van der Waals surface area contributed by atoms with Gasteiger partial charge >= 0.3 is 0 Å². The van der Waals surface area contributed by atoms with Crippen molar-refractivity contribution in [1.82, 2.24) is 15.2 Å². The number of nitrogens with zero attached hydrogens (tertiary/aromatic N) is 2. The molecule has 0 radical (unpaired) electrons. The number of hydrogen-bond donors (Lipinski definition) is 1. The van der Waals surface area contributed by atoms with Crippen molar-refractivity contribution in [3.63, 3.8) is 0 Å². The van der Waals surface area contributed by atoms with Gasteiger partial charge in [0, 0.05) is 29.7 Å². The summed E-state index contributed by atoms with van der Waals surface area (Å²) in [6.45, 7) is 6.12. The van der Waals surface area contributed by atoms with Crippen LogP contribution in [0.15, 0.2) is 73.4 Å². The van der Waals surface area contributed by atoms with E-state index >= 15 is 0 Å². The summed E-state index contributed by atoms with van der Waals surface area (Å²) in [6, 6.07) is 17.5. The number of carbonyl (C=O) groups is 1. The van der Waals surface area contributed by atoms with Gasteiger partial charge in [-0.1, -0.05) is 24.3 Å². The van der Waals surface area contributed by atoms with Gasteiger partial charge in [0.05, 0.1) is 18.7 Å². The van der Waals surface area contributed by atoms with Crippen molar-refractivity contribution in [1.29, 1.82) is 0 Å². The Morgan fingerprint density at radius 1 is 1.25 bits per heavy atom. The van der Waals surface area contributed by atoms with E-state index < -0.39 is 0 Å². The molecular formula is C27H29N3O2. The van der Waals surface area contributed by atoms with Gasteiger partial charge in [-0.3, -0.25) is 14.7 Å². The SMILES string of the molecule is C=CC1CN2CCC1C[C@@H]2[C@H](NC(=O)c1ccccc1)c1ccnc2ccc(OC)cc12. The largest absolute Gasteiger partial charge is 0.497 e. The standard InChI is InChI=1S/C27H29N3O2/c1-3-18-17-30-14-12-20(18)15-25(30)26(29-27(31)19-7-5-4-6-8-19)22-11-13-28-24-10-9-21(32-2)16-23(22)24/h3-11,13,16,18,20,25-26H,1,12,14-15,17H2,2H3,(H,29,31)/t18?,20?,25-,26-/m1/s1. The van der Waals surface area contributed by atoms with E-state index in [9.17, 15) is 4.79 Å². The molecule has 164 valence electrons. The minimum absolute atomic E-state index is 0.0497. The van der Waals surface area contributed by atoms with Gasteiger partial charge in [-0.05, 0) is 73.2 Å². The predicted octanol–water partition coefficient (Wildman–Crippen LogP) is 4.61. The van der Waals surface area contributed by atoms with E-state index in [1.165, 1.54) is 6.42 Å². The number of benzene rings is 2. The lowest BCUT2D eigenvalue weighted by atomic mass is 9.73. The topological polar surface area (TPSA) is 54.5 Å². The van der Waals surface area contributed by atoms with Gasteiger partial charge in [-0.2, -0.15) is 0 Å². The van der Waals surface area contributed by atoms with Crippen LogP contribution >= 0.6 is 0 Å². The minimum Gasteiger partial charge on any atom is -0.497 e. The van der Waals surface area contributed by atoms with E-state index in [-0.39, 0.29) is 18.0 Å². The first-order valence-electron chi connectivity index (χ1n) is 11.3. The molecule has 2 bridgehead atoms. The van der Waals surface area contributed by atoms with Gasteiger partial charge in [0.2, 0.25) is 0 Å². The Labute approximate surface area is 189 Å². The number of methoxy groups -OCH3 is 1. The second-order valence-electron chi connectivity index (χ2n) is 8.85. The maximum absolute atomic E-state index is 13.3.